The van der Waals surface area contributed by atoms with E-state index in [-0.39, 0.29) is 0 Å². The fourth-order valence-electron chi connectivity index (χ4n) is 1.64. The number of nitrogens with zero attached hydrogens (tertiary/aromatic N) is 3. The van der Waals surface area contributed by atoms with Crippen molar-refractivity contribution < 1.29 is 4.42 Å². The molecule has 4 nitrogen and oxygen atoms in total. The highest BCUT2D eigenvalue weighted by atomic mass is 16.4. The third kappa shape index (κ3) is 1.78. The first-order valence-electron chi connectivity index (χ1n) is 5.39. The van der Waals surface area contributed by atoms with E-state index in [0.717, 1.165) is 5.56 Å². The summed E-state index contributed by atoms with van der Waals surface area (Å²) in [5, 5.41) is 0. The average Bonchev–Trinajstić information content (AvgIpc) is 2.72. The fourth-order valence-corrected chi connectivity index (χ4v) is 1.64. The molecule has 0 fully saturated rings. The number of aromatic nitrogens is 3. The van der Waals surface area contributed by atoms with E-state index in [1.807, 2.05) is 38.1 Å². The summed E-state index contributed by atoms with van der Waals surface area (Å²) in [6.07, 6.45) is 1.68. The molecule has 0 spiro atoms. The summed E-state index contributed by atoms with van der Waals surface area (Å²) in [4.78, 5) is 12.7. The van der Waals surface area contributed by atoms with E-state index in [4.69, 9.17) is 4.42 Å². The first-order chi connectivity index (χ1) is 8.22. The van der Waals surface area contributed by atoms with E-state index in [1.54, 1.807) is 6.20 Å². The quantitative estimate of drug-likeness (QED) is 0.639. The minimum atomic E-state index is 0.535. The van der Waals surface area contributed by atoms with E-state index >= 15 is 0 Å². The van der Waals surface area contributed by atoms with Gasteiger partial charge in [-0.1, -0.05) is 17.7 Å². The second-order valence-electron chi connectivity index (χ2n) is 3.99. The molecule has 1 aromatic carbocycles. The molecule has 3 rings (SSSR count). The van der Waals surface area contributed by atoms with Crippen LogP contribution in [0.3, 0.4) is 0 Å². The lowest BCUT2D eigenvalue weighted by atomic mass is 10.1. The van der Waals surface area contributed by atoms with Crippen LogP contribution in [-0.2, 0) is 0 Å². The van der Waals surface area contributed by atoms with Gasteiger partial charge in [0.25, 0.3) is 5.71 Å². The van der Waals surface area contributed by atoms with Gasteiger partial charge in [-0.15, -0.1) is 0 Å². The van der Waals surface area contributed by atoms with Crippen LogP contribution in [0.2, 0.25) is 0 Å². The topological polar surface area (TPSA) is 51.8 Å². The second kappa shape index (κ2) is 3.66. The molecule has 0 amide bonds. The molecule has 4 heteroatoms. The number of rotatable bonds is 1. The Hall–Kier alpha value is -2.23. The molecule has 0 aliphatic rings. The molecule has 0 saturated heterocycles. The lowest BCUT2D eigenvalue weighted by Crippen LogP contribution is -1.84. The Labute approximate surface area is 98.4 Å². The molecule has 17 heavy (non-hydrogen) atoms. The summed E-state index contributed by atoms with van der Waals surface area (Å²) < 4.78 is 5.61. The van der Waals surface area contributed by atoms with Crippen LogP contribution in [0.4, 0.5) is 0 Å². The van der Waals surface area contributed by atoms with Gasteiger partial charge in [0.15, 0.2) is 0 Å². The lowest BCUT2D eigenvalue weighted by molar-refractivity contribution is 0.605. The fraction of sp³-hybridized carbons (Fsp3) is 0.154. The minimum Gasteiger partial charge on any atom is -0.418 e. The maximum Gasteiger partial charge on any atom is 0.250 e. The summed E-state index contributed by atoms with van der Waals surface area (Å²) in [6.45, 7) is 3.87. The van der Waals surface area contributed by atoms with Crippen molar-refractivity contribution in [2.45, 2.75) is 13.8 Å². The molecule has 3 aromatic rings. The molecule has 0 atom stereocenters. The van der Waals surface area contributed by atoms with Crippen LogP contribution in [0, 0.1) is 13.8 Å². The van der Waals surface area contributed by atoms with Crippen LogP contribution in [0.5, 0.6) is 0 Å². The first-order valence-corrected chi connectivity index (χ1v) is 5.39. The van der Waals surface area contributed by atoms with Crippen LogP contribution in [0.25, 0.3) is 22.7 Å². The maximum absolute atomic E-state index is 5.61. The van der Waals surface area contributed by atoms with Crippen molar-refractivity contribution in [1.29, 1.82) is 0 Å². The molecule has 2 heterocycles. The summed E-state index contributed by atoms with van der Waals surface area (Å²) in [5.41, 5.74) is 3.38. The minimum absolute atomic E-state index is 0.535. The maximum atomic E-state index is 5.61. The van der Waals surface area contributed by atoms with Gasteiger partial charge in [-0.3, -0.25) is 0 Å². The highest BCUT2D eigenvalue weighted by Gasteiger charge is 2.09. The van der Waals surface area contributed by atoms with Gasteiger partial charge >= 0.3 is 0 Å². The van der Waals surface area contributed by atoms with Crippen molar-refractivity contribution in [3.8, 4) is 11.5 Å². The van der Waals surface area contributed by atoms with E-state index in [0.29, 0.717) is 22.9 Å². The predicted molar refractivity (Wildman–Crippen MR) is 64.5 cm³/mol. The van der Waals surface area contributed by atoms with Crippen LogP contribution in [-0.4, -0.2) is 15.0 Å². The molecular formula is C13H11N3O. The van der Waals surface area contributed by atoms with Crippen LogP contribution >= 0.6 is 0 Å². The third-order valence-electron chi connectivity index (χ3n) is 2.57. The Morgan fingerprint density at radius 3 is 2.53 bits per heavy atom. The molecule has 0 aliphatic carbocycles. The average molecular weight is 225 g/mol. The van der Waals surface area contributed by atoms with Crippen molar-refractivity contribution in [2.24, 2.45) is 0 Å². The van der Waals surface area contributed by atoms with Crippen molar-refractivity contribution in [1.82, 2.24) is 15.0 Å². The number of hydrogen-bond acceptors (Lipinski definition) is 4. The molecule has 0 bridgehead atoms. The zero-order chi connectivity index (χ0) is 11.8. The van der Waals surface area contributed by atoms with Gasteiger partial charge in [0.05, 0.1) is 6.20 Å². The van der Waals surface area contributed by atoms with E-state index < -0.39 is 0 Å². The zero-order valence-corrected chi connectivity index (χ0v) is 9.64. The molecule has 2 aromatic heterocycles. The van der Waals surface area contributed by atoms with Crippen molar-refractivity contribution in [3.63, 3.8) is 0 Å². The number of hydrogen-bond donors (Lipinski definition) is 0. The highest BCUT2D eigenvalue weighted by Crippen LogP contribution is 2.22. The van der Waals surface area contributed by atoms with Gasteiger partial charge in [-0.25, -0.2) is 9.97 Å². The van der Waals surface area contributed by atoms with Crippen molar-refractivity contribution in [2.75, 3.05) is 0 Å². The molecule has 0 aliphatic heterocycles. The van der Waals surface area contributed by atoms with E-state index in [9.17, 15) is 0 Å². The van der Waals surface area contributed by atoms with Crippen LogP contribution < -0.4 is 0 Å². The lowest BCUT2D eigenvalue weighted by Gasteiger charge is -1.94. The predicted octanol–water partition coefficient (Wildman–Crippen LogP) is 2.90. The summed E-state index contributed by atoms with van der Waals surface area (Å²) in [6, 6.07) is 8.03. The zero-order valence-electron chi connectivity index (χ0n) is 9.64. The Morgan fingerprint density at radius 2 is 1.76 bits per heavy atom. The van der Waals surface area contributed by atoms with Gasteiger partial charge in [0, 0.05) is 5.56 Å². The SMILES string of the molecule is Cc1ccc(-c2nc3cnc(C)nc3o2)cc1. The molecular weight excluding hydrogens is 214 g/mol. The number of oxazole rings is 1. The highest BCUT2D eigenvalue weighted by molar-refractivity contribution is 5.71. The Bertz CT molecular complexity index is 671. The normalized spacial score (nSPS) is 10.9. The molecule has 0 saturated carbocycles. The Morgan fingerprint density at radius 1 is 1.00 bits per heavy atom. The van der Waals surface area contributed by atoms with Gasteiger partial charge in [0.1, 0.15) is 11.3 Å². The molecule has 0 radical (unpaired) electrons. The second-order valence-corrected chi connectivity index (χ2v) is 3.99. The van der Waals surface area contributed by atoms with Gasteiger partial charge in [0.2, 0.25) is 5.89 Å². The Balaban J connectivity index is 2.14. The smallest absolute Gasteiger partial charge is 0.250 e. The number of fused-ring (bicyclic) bond motifs is 1. The number of benzene rings is 1. The summed E-state index contributed by atoms with van der Waals surface area (Å²) in [7, 11) is 0. The molecule has 0 N–H and O–H groups in total. The first kappa shape index (κ1) is 9.96. The Kier molecular flexibility index (Phi) is 2.14. The molecule has 0 unspecified atom stereocenters. The van der Waals surface area contributed by atoms with Crippen LogP contribution in [0.1, 0.15) is 11.4 Å². The van der Waals surface area contributed by atoms with Gasteiger partial charge < -0.3 is 4.42 Å². The van der Waals surface area contributed by atoms with Gasteiger partial charge in [-0.2, -0.15) is 4.98 Å². The van der Waals surface area contributed by atoms with E-state index in [1.165, 1.54) is 5.56 Å². The summed E-state index contributed by atoms with van der Waals surface area (Å²) >= 11 is 0. The van der Waals surface area contributed by atoms with Crippen LogP contribution in [0.15, 0.2) is 34.9 Å². The largest absolute Gasteiger partial charge is 0.418 e. The van der Waals surface area contributed by atoms with E-state index in [2.05, 4.69) is 15.0 Å². The molecule has 84 valence electrons. The summed E-state index contributed by atoms with van der Waals surface area (Å²) in [5.74, 6) is 1.27. The number of aryl methyl sites for hydroxylation is 2. The van der Waals surface area contributed by atoms with Gasteiger partial charge in [-0.05, 0) is 26.0 Å². The van der Waals surface area contributed by atoms with Crippen molar-refractivity contribution in [3.05, 3.63) is 41.9 Å². The monoisotopic (exact) mass is 225 g/mol. The third-order valence-corrected chi connectivity index (χ3v) is 2.57. The van der Waals surface area contributed by atoms with Crippen molar-refractivity contribution >= 4 is 11.2 Å². The standard InChI is InChI=1S/C13H11N3O/c1-8-3-5-10(6-4-8)12-16-11-7-14-9(2)15-13(11)17-12/h3-7H,1-2H3.